The maximum Gasteiger partial charge on any atom is 0.317 e. The zero-order valence-corrected chi connectivity index (χ0v) is 20.1. The highest BCUT2D eigenvalue weighted by molar-refractivity contribution is 9.10. The summed E-state index contributed by atoms with van der Waals surface area (Å²) >= 11 is 3.64. The van der Waals surface area contributed by atoms with Crippen LogP contribution in [0.4, 0.5) is 16.4 Å². The number of hydrogen-bond donors (Lipinski definition) is 2. The molecule has 0 saturated carbocycles. The molecule has 9 nitrogen and oxygen atoms in total. The van der Waals surface area contributed by atoms with Crippen molar-refractivity contribution in [3.05, 3.63) is 47.2 Å². The average molecular weight is 509 g/mol. The van der Waals surface area contributed by atoms with Gasteiger partial charge in [0.2, 0.25) is 0 Å². The van der Waals surface area contributed by atoms with E-state index >= 15 is 0 Å². The number of carbonyl (C=O) groups excluding carboxylic acids is 1. The number of hydrogen-bond acceptors (Lipinski definition) is 6. The van der Waals surface area contributed by atoms with Crippen molar-refractivity contribution in [2.45, 2.75) is 19.4 Å². The van der Waals surface area contributed by atoms with Crippen molar-refractivity contribution in [2.75, 3.05) is 37.3 Å². The number of nitrogens with one attached hydrogen (secondary N) is 1. The molecule has 3 aromatic heterocycles. The van der Waals surface area contributed by atoms with Crippen molar-refractivity contribution in [1.82, 2.24) is 29.8 Å². The third-order valence-electron chi connectivity index (χ3n) is 6.23. The lowest BCUT2D eigenvalue weighted by atomic mass is 10.1. The van der Waals surface area contributed by atoms with Gasteiger partial charge in [0.05, 0.1) is 17.8 Å². The molecule has 33 heavy (non-hydrogen) atoms. The fourth-order valence-electron chi connectivity index (χ4n) is 4.42. The smallest absolute Gasteiger partial charge is 0.317 e. The number of rotatable bonds is 3. The predicted molar refractivity (Wildman–Crippen MR) is 133 cm³/mol. The topological polar surface area (TPSA) is 105 Å². The van der Waals surface area contributed by atoms with E-state index in [1.54, 1.807) is 17.8 Å². The standard InChI is InChI=1S/C23H25BrN8O/c1-3-16-13-30(8-9-31(16)23(33)26-2)22-19(24)20(25)32-21(29-22)17(12-28-32)15-10-14-6-4-5-7-18(14)27-11-15/h4-7,10-12,16H,3,8-9,13,25H2,1-2H3,(H,26,33). The van der Waals surface area contributed by atoms with Gasteiger partial charge in [0.15, 0.2) is 5.65 Å². The number of pyridine rings is 1. The first-order valence-electron chi connectivity index (χ1n) is 10.9. The molecule has 4 aromatic rings. The number of piperazine rings is 1. The van der Waals surface area contributed by atoms with Crippen LogP contribution in [0.15, 0.2) is 47.2 Å². The highest BCUT2D eigenvalue weighted by Crippen LogP contribution is 2.35. The summed E-state index contributed by atoms with van der Waals surface area (Å²) in [4.78, 5) is 25.9. The Balaban J connectivity index is 1.57. The Morgan fingerprint density at radius 1 is 1.27 bits per heavy atom. The number of halogens is 1. The largest absolute Gasteiger partial charge is 0.383 e. The summed E-state index contributed by atoms with van der Waals surface area (Å²) in [6, 6.07) is 10.1. The van der Waals surface area contributed by atoms with Gasteiger partial charge in [-0.1, -0.05) is 25.1 Å². The summed E-state index contributed by atoms with van der Waals surface area (Å²) in [5, 5.41) is 8.28. The van der Waals surface area contributed by atoms with E-state index in [1.165, 1.54) is 0 Å². The van der Waals surface area contributed by atoms with Crippen molar-refractivity contribution in [2.24, 2.45) is 0 Å². The first-order chi connectivity index (χ1) is 16.0. The number of urea groups is 1. The van der Waals surface area contributed by atoms with Crippen molar-refractivity contribution in [3.63, 3.8) is 0 Å². The minimum Gasteiger partial charge on any atom is -0.383 e. The molecule has 3 N–H and O–H groups in total. The van der Waals surface area contributed by atoms with Crippen LogP contribution in [0.2, 0.25) is 0 Å². The number of aromatic nitrogens is 4. The van der Waals surface area contributed by atoms with Crippen LogP contribution in [0.5, 0.6) is 0 Å². The van der Waals surface area contributed by atoms with Gasteiger partial charge in [-0.3, -0.25) is 4.98 Å². The normalized spacial score (nSPS) is 16.5. The summed E-state index contributed by atoms with van der Waals surface area (Å²) < 4.78 is 2.35. The number of nitrogens with zero attached hydrogens (tertiary/aromatic N) is 6. The number of anilines is 2. The van der Waals surface area contributed by atoms with E-state index in [2.05, 4.69) is 49.2 Å². The molecule has 2 amide bonds. The first kappa shape index (κ1) is 21.4. The second-order valence-corrected chi connectivity index (χ2v) is 8.89. The Morgan fingerprint density at radius 3 is 2.88 bits per heavy atom. The van der Waals surface area contributed by atoms with E-state index in [0.29, 0.717) is 35.6 Å². The quantitative estimate of drug-likeness (QED) is 0.438. The molecule has 1 aliphatic heterocycles. The summed E-state index contributed by atoms with van der Waals surface area (Å²) in [7, 11) is 1.66. The third kappa shape index (κ3) is 3.64. The molecule has 1 aliphatic rings. The Hall–Kier alpha value is -3.40. The Morgan fingerprint density at radius 2 is 2.09 bits per heavy atom. The van der Waals surface area contributed by atoms with E-state index in [1.807, 2.05) is 35.4 Å². The minimum atomic E-state index is -0.0506. The molecule has 5 rings (SSSR count). The summed E-state index contributed by atoms with van der Waals surface area (Å²) in [5.41, 5.74) is 9.87. The zero-order chi connectivity index (χ0) is 23.1. The van der Waals surface area contributed by atoms with Crippen LogP contribution >= 0.6 is 15.9 Å². The van der Waals surface area contributed by atoms with Crippen LogP contribution < -0.4 is 16.0 Å². The SMILES string of the molecule is CCC1CN(c2nc3c(-c4cnc5ccccc5c4)cnn3c(N)c2Br)CCN1C(=O)NC. The molecule has 170 valence electrons. The lowest BCUT2D eigenvalue weighted by Crippen LogP contribution is -2.57. The zero-order valence-electron chi connectivity index (χ0n) is 18.5. The molecule has 1 saturated heterocycles. The molecule has 4 heterocycles. The van der Waals surface area contributed by atoms with Gasteiger partial charge < -0.3 is 20.9 Å². The van der Waals surface area contributed by atoms with E-state index < -0.39 is 0 Å². The number of para-hydroxylation sites is 1. The Kier molecular flexibility index (Phi) is 5.53. The fourth-order valence-corrected chi connectivity index (χ4v) is 4.93. The van der Waals surface area contributed by atoms with Crippen LogP contribution in [0.1, 0.15) is 13.3 Å². The minimum absolute atomic E-state index is 0.0506. The fraction of sp³-hybridized carbons (Fsp3) is 0.304. The second-order valence-electron chi connectivity index (χ2n) is 8.10. The molecule has 0 aliphatic carbocycles. The van der Waals surface area contributed by atoms with E-state index in [-0.39, 0.29) is 12.1 Å². The van der Waals surface area contributed by atoms with Crippen molar-refractivity contribution in [1.29, 1.82) is 0 Å². The summed E-state index contributed by atoms with van der Waals surface area (Å²) in [6.45, 7) is 4.03. The van der Waals surface area contributed by atoms with E-state index in [9.17, 15) is 4.79 Å². The van der Waals surface area contributed by atoms with Crippen molar-refractivity contribution in [3.8, 4) is 11.1 Å². The lowest BCUT2D eigenvalue weighted by Gasteiger charge is -2.41. The maximum atomic E-state index is 12.3. The molecule has 10 heteroatoms. The Bertz CT molecular complexity index is 1350. The molecule has 1 fully saturated rings. The van der Waals surface area contributed by atoms with Gasteiger partial charge in [-0.15, -0.1) is 0 Å². The van der Waals surface area contributed by atoms with Gasteiger partial charge in [-0.05, 0) is 34.5 Å². The second kappa shape index (κ2) is 8.51. The van der Waals surface area contributed by atoms with E-state index in [0.717, 1.165) is 34.3 Å². The number of nitrogen functional groups attached to an aromatic ring is 1. The van der Waals surface area contributed by atoms with Gasteiger partial charge in [-0.25, -0.2) is 9.78 Å². The number of benzene rings is 1. The average Bonchev–Trinajstić information content (AvgIpc) is 3.29. The molecule has 1 aromatic carbocycles. The predicted octanol–water partition coefficient (Wildman–Crippen LogP) is 3.53. The van der Waals surface area contributed by atoms with Gasteiger partial charge in [0, 0.05) is 49.4 Å². The highest BCUT2D eigenvalue weighted by atomic mass is 79.9. The Labute approximate surface area is 199 Å². The van der Waals surface area contributed by atoms with Crippen molar-refractivity contribution < 1.29 is 4.79 Å². The van der Waals surface area contributed by atoms with Crippen LogP contribution in [0.25, 0.3) is 27.7 Å². The third-order valence-corrected chi connectivity index (χ3v) is 7.00. The van der Waals surface area contributed by atoms with Gasteiger partial charge in [0.25, 0.3) is 0 Å². The first-order valence-corrected chi connectivity index (χ1v) is 11.7. The van der Waals surface area contributed by atoms with Crippen molar-refractivity contribution >= 4 is 50.1 Å². The number of carbonyl (C=O) groups is 1. The maximum absolute atomic E-state index is 12.3. The highest BCUT2D eigenvalue weighted by Gasteiger charge is 2.31. The van der Waals surface area contributed by atoms with Crippen LogP contribution in [0.3, 0.4) is 0 Å². The molecule has 1 unspecified atom stereocenters. The van der Waals surface area contributed by atoms with Crippen LogP contribution in [-0.2, 0) is 0 Å². The monoisotopic (exact) mass is 508 g/mol. The molecular weight excluding hydrogens is 484 g/mol. The van der Waals surface area contributed by atoms with Gasteiger partial charge >= 0.3 is 6.03 Å². The molecule has 0 bridgehead atoms. The molecular formula is C23H25BrN8O. The van der Waals surface area contributed by atoms with Crippen LogP contribution in [-0.4, -0.2) is 63.2 Å². The van der Waals surface area contributed by atoms with E-state index in [4.69, 9.17) is 10.7 Å². The number of nitrogens with two attached hydrogens (primary N) is 1. The summed E-state index contributed by atoms with van der Waals surface area (Å²) in [5.74, 6) is 1.24. The number of amides is 2. The van der Waals surface area contributed by atoms with Gasteiger partial charge in [0.1, 0.15) is 16.1 Å². The molecule has 0 radical (unpaired) electrons. The van der Waals surface area contributed by atoms with Gasteiger partial charge in [-0.2, -0.15) is 9.61 Å². The molecule has 0 spiro atoms. The number of fused-ring (bicyclic) bond motifs is 2. The van der Waals surface area contributed by atoms with Crippen LogP contribution in [0, 0.1) is 0 Å². The molecule has 1 atom stereocenters. The lowest BCUT2D eigenvalue weighted by molar-refractivity contribution is 0.165. The summed E-state index contributed by atoms with van der Waals surface area (Å²) in [6.07, 6.45) is 4.47.